The fraction of sp³-hybridized carbons (Fsp3) is 0.500. The van der Waals surface area contributed by atoms with Crippen molar-refractivity contribution < 1.29 is 4.79 Å². The monoisotopic (exact) mass is 232 g/mol. The van der Waals surface area contributed by atoms with Gasteiger partial charge in [0.05, 0.1) is 0 Å². The maximum atomic E-state index is 11.2. The number of amides is 1. The normalized spacial score (nSPS) is 28.9. The molecule has 1 heterocycles. The van der Waals surface area contributed by atoms with Gasteiger partial charge in [-0.25, -0.2) is 0 Å². The average molecular weight is 232 g/mol. The molecule has 1 aromatic carbocycles. The summed E-state index contributed by atoms with van der Waals surface area (Å²) in [4.78, 5) is 11.2. The number of benzene rings is 1. The molecule has 1 saturated heterocycles. The highest BCUT2D eigenvalue weighted by molar-refractivity contribution is 5.92. The molecule has 1 aliphatic rings. The smallest absolute Gasteiger partial charge is 0.248 e. The number of carbonyl (C=O) groups is 1. The van der Waals surface area contributed by atoms with Gasteiger partial charge in [-0.15, -0.1) is 0 Å². The Labute approximate surface area is 102 Å². The molecule has 3 nitrogen and oxygen atoms in total. The first kappa shape index (κ1) is 12.1. The molecule has 2 atom stereocenters. The second-order valence-corrected chi connectivity index (χ2v) is 5.22. The SMILES string of the molecule is CC1CNCCC1(C)c1cccc(C(N)=O)c1. The summed E-state index contributed by atoms with van der Waals surface area (Å²) in [6.45, 7) is 6.58. The van der Waals surface area contributed by atoms with Crippen LogP contribution in [0.25, 0.3) is 0 Å². The summed E-state index contributed by atoms with van der Waals surface area (Å²) in [5.41, 5.74) is 7.31. The molecule has 0 bridgehead atoms. The summed E-state index contributed by atoms with van der Waals surface area (Å²) < 4.78 is 0. The van der Waals surface area contributed by atoms with E-state index in [1.165, 1.54) is 5.56 Å². The van der Waals surface area contributed by atoms with E-state index in [0.29, 0.717) is 11.5 Å². The fourth-order valence-electron chi connectivity index (χ4n) is 2.59. The number of hydrogen-bond acceptors (Lipinski definition) is 2. The predicted molar refractivity (Wildman–Crippen MR) is 69.0 cm³/mol. The van der Waals surface area contributed by atoms with Crippen LogP contribution in [-0.4, -0.2) is 19.0 Å². The molecule has 0 aliphatic carbocycles. The van der Waals surface area contributed by atoms with Gasteiger partial charge < -0.3 is 11.1 Å². The maximum absolute atomic E-state index is 11.2. The van der Waals surface area contributed by atoms with E-state index in [1.807, 2.05) is 12.1 Å². The molecule has 2 unspecified atom stereocenters. The first-order valence-corrected chi connectivity index (χ1v) is 6.15. The number of piperidine rings is 1. The zero-order chi connectivity index (χ0) is 12.5. The van der Waals surface area contributed by atoms with Crippen LogP contribution in [0.1, 0.15) is 36.2 Å². The number of carbonyl (C=O) groups excluding carboxylic acids is 1. The summed E-state index contributed by atoms with van der Waals surface area (Å²) >= 11 is 0. The minimum Gasteiger partial charge on any atom is -0.366 e. The average Bonchev–Trinajstić information content (AvgIpc) is 2.33. The Balaban J connectivity index is 2.38. The van der Waals surface area contributed by atoms with E-state index in [2.05, 4.69) is 25.2 Å². The number of nitrogens with two attached hydrogens (primary N) is 1. The Hall–Kier alpha value is -1.35. The van der Waals surface area contributed by atoms with Crippen LogP contribution in [0, 0.1) is 5.92 Å². The van der Waals surface area contributed by atoms with Gasteiger partial charge in [-0.3, -0.25) is 4.79 Å². The zero-order valence-electron chi connectivity index (χ0n) is 10.5. The highest BCUT2D eigenvalue weighted by Crippen LogP contribution is 2.37. The topological polar surface area (TPSA) is 55.1 Å². The summed E-state index contributed by atoms with van der Waals surface area (Å²) in [5, 5.41) is 3.41. The van der Waals surface area contributed by atoms with Gasteiger partial charge in [0.2, 0.25) is 5.91 Å². The number of hydrogen-bond donors (Lipinski definition) is 2. The zero-order valence-corrected chi connectivity index (χ0v) is 10.5. The number of nitrogens with one attached hydrogen (secondary N) is 1. The Kier molecular flexibility index (Phi) is 3.20. The molecule has 2 rings (SSSR count). The van der Waals surface area contributed by atoms with E-state index in [-0.39, 0.29) is 11.3 Å². The summed E-state index contributed by atoms with van der Waals surface area (Å²) in [6, 6.07) is 7.76. The quantitative estimate of drug-likeness (QED) is 0.815. The number of rotatable bonds is 2. The van der Waals surface area contributed by atoms with Gasteiger partial charge in [0.25, 0.3) is 0 Å². The molecule has 0 aromatic heterocycles. The Morgan fingerprint density at radius 1 is 1.53 bits per heavy atom. The van der Waals surface area contributed by atoms with Crippen LogP contribution in [0.3, 0.4) is 0 Å². The summed E-state index contributed by atoms with van der Waals surface area (Å²) in [6.07, 6.45) is 1.09. The molecule has 0 spiro atoms. The first-order chi connectivity index (χ1) is 8.04. The minimum absolute atomic E-state index is 0.136. The molecule has 1 aromatic rings. The molecule has 0 radical (unpaired) electrons. The van der Waals surface area contributed by atoms with Crippen LogP contribution in [-0.2, 0) is 5.41 Å². The second-order valence-electron chi connectivity index (χ2n) is 5.22. The van der Waals surface area contributed by atoms with Crippen molar-refractivity contribution in [1.82, 2.24) is 5.32 Å². The lowest BCUT2D eigenvalue weighted by Crippen LogP contribution is -2.45. The third-order valence-electron chi connectivity index (χ3n) is 4.17. The van der Waals surface area contributed by atoms with Crippen molar-refractivity contribution >= 4 is 5.91 Å². The van der Waals surface area contributed by atoms with Gasteiger partial charge in [-0.1, -0.05) is 26.0 Å². The summed E-state index contributed by atoms with van der Waals surface area (Å²) in [5.74, 6) is 0.205. The van der Waals surface area contributed by atoms with Crippen molar-refractivity contribution in [1.29, 1.82) is 0 Å². The van der Waals surface area contributed by atoms with E-state index in [9.17, 15) is 4.79 Å². The van der Waals surface area contributed by atoms with Gasteiger partial charge in [0, 0.05) is 5.56 Å². The second kappa shape index (κ2) is 4.49. The Bertz CT molecular complexity index is 430. The molecular formula is C14H20N2O. The van der Waals surface area contributed by atoms with Gasteiger partial charge >= 0.3 is 0 Å². The molecule has 1 fully saturated rings. The van der Waals surface area contributed by atoms with Crippen LogP contribution in [0.15, 0.2) is 24.3 Å². The third kappa shape index (κ3) is 2.20. The summed E-state index contributed by atoms with van der Waals surface area (Å²) in [7, 11) is 0. The van der Waals surface area contributed by atoms with Crippen molar-refractivity contribution in [3.63, 3.8) is 0 Å². The van der Waals surface area contributed by atoms with E-state index in [0.717, 1.165) is 19.5 Å². The Morgan fingerprint density at radius 3 is 2.94 bits per heavy atom. The standard InChI is InChI=1S/C14H20N2O/c1-10-9-16-7-6-14(10,2)12-5-3-4-11(8-12)13(15)17/h3-5,8,10,16H,6-7,9H2,1-2H3,(H2,15,17). The van der Waals surface area contributed by atoms with Crippen molar-refractivity contribution in [3.05, 3.63) is 35.4 Å². The molecule has 3 N–H and O–H groups in total. The van der Waals surface area contributed by atoms with Crippen LogP contribution in [0.2, 0.25) is 0 Å². The first-order valence-electron chi connectivity index (χ1n) is 6.15. The van der Waals surface area contributed by atoms with Crippen molar-refractivity contribution in [3.8, 4) is 0 Å². The molecule has 1 aliphatic heterocycles. The number of primary amides is 1. The highest BCUT2D eigenvalue weighted by atomic mass is 16.1. The Morgan fingerprint density at radius 2 is 2.29 bits per heavy atom. The lowest BCUT2D eigenvalue weighted by atomic mass is 9.68. The van der Waals surface area contributed by atoms with Gasteiger partial charge in [0.1, 0.15) is 0 Å². The largest absolute Gasteiger partial charge is 0.366 e. The lowest BCUT2D eigenvalue weighted by molar-refractivity contribution is 0.1000. The highest BCUT2D eigenvalue weighted by Gasteiger charge is 2.35. The van der Waals surface area contributed by atoms with Gasteiger partial charge in [0.15, 0.2) is 0 Å². The lowest BCUT2D eigenvalue weighted by Gasteiger charge is -2.40. The van der Waals surface area contributed by atoms with Crippen LogP contribution in [0.4, 0.5) is 0 Å². The molecule has 17 heavy (non-hydrogen) atoms. The van der Waals surface area contributed by atoms with Crippen LogP contribution < -0.4 is 11.1 Å². The van der Waals surface area contributed by atoms with Crippen molar-refractivity contribution in [2.75, 3.05) is 13.1 Å². The van der Waals surface area contributed by atoms with E-state index >= 15 is 0 Å². The minimum atomic E-state index is -0.350. The van der Waals surface area contributed by atoms with Gasteiger partial charge in [-0.05, 0) is 48.5 Å². The van der Waals surface area contributed by atoms with E-state index < -0.39 is 0 Å². The molecular weight excluding hydrogens is 212 g/mol. The van der Waals surface area contributed by atoms with Crippen LogP contribution in [0.5, 0.6) is 0 Å². The van der Waals surface area contributed by atoms with Crippen LogP contribution >= 0.6 is 0 Å². The fourth-order valence-corrected chi connectivity index (χ4v) is 2.59. The van der Waals surface area contributed by atoms with Crippen molar-refractivity contribution in [2.45, 2.75) is 25.7 Å². The molecule has 3 heteroatoms. The van der Waals surface area contributed by atoms with E-state index in [4.69, 9.17) is 5.73 Å². The molecule has 0 saturated carbocycles. The van der Waals surface area contributed by atoms with Gasteiger partial charge in [-0.2, -0.15) is 0 Å². The van der Waals surface area contributed by atoms with Crippen molar-refractivity contribution in [2.24, 2.45) is 11.7 Å². The maximum Gasteiger partial charge on any atom is 0.248 e. The van der Waals surface area contributed by atoms with E-state index in [1.54, 1.807) is 6.07 Å². The predicted octanol–water partition coefficient (Wildman–Crippen LogP) is 1.67. The molecule has 1 amide bonds. The molecule has 92 valence electrons. The third-order valence-corrected chi connectivity index (χ3v) is 4.17.